The van der Waals surface area contributed by atoms with Gasteiger partial charge in [0.1, 0.15) is 0 Å². The monoisotopic (exact) mass is 353 g/mol. The second-order valence-electron chi connectivity index (χ2n) is 4.49. The second kappa shape index (κ2) is 12.7. The predicted octanol–water partition coefficient (Wildman–Crippen LogP) is 5.23. The minimum atomic E-state index is 0. The van der Waals surface area contributed by atoms with E-state index in [0.717, 1.165) is 12.8 Å². The van der Waals surface area contributed by atoms with E-state index in [9.17, 15) is 0 Å². The fourth-order valence-corrected chi connectivity index (χ4v) is 2.05. The third-order valence-corrected chi connectivity index (χ3v) is 3.52. The molecule has 2 aliphatic rings. The van der Waals surface area contributed by atoms with Crippen LogP contribution in [-0.2, 0) is 24.2 Å². The van der Waals surface area contributed by atoms with Gasteiger partial charge in [-0.2, -0.15) is 12.2 Å². The van der Waals surface area contributed by atoms with Gasteiger partial charge in [-0.25, -0.2) is 23.3 Å². The molecule has 0 nitrogen and oxygen atoms in total. The molecular formula is C20H23Zr-3. The van der Waals surface area contributed by atoms with E-state index in [2.05, 4.69) is 78.3 Å². The van der Waals surface area contributed by atoms with Gasteiger partial charge in [-0.15, -0.1) is 12.8 Å². The first kappa shape index (κ1) is 19.9. The van der Waals surface area contributed by atoms with E-state index in [4.69, 9.17) is 0 Å². The van der Waals surface area contributed by atoms with Crippen LogP contribution in [0.2, 0.25) is 0 Å². The van der Waals surface area contributed by atoms with E-state index in [-0.39, 0.29) is 7.43 Å². The molecule has 0 atom stereocenters. The Balaban J connectivity index is 0.000000283. The summed E-state index contributed by atoms with van der Waals surface area (Å²) in [4.78, 5) is 0. The molecule has 0 heterocycles. The summed E-state index contributed by atoms with van der Waals surface area (Å²) in [6.07, 6.45) is 16.7. The zero-order valence-corrected chi connectivity index (χ0v) is 15.6. The van der Waals surface area contributed by atoms with Crippen LogP contribution in [0.15, 0.2) is 65.8 Å². The molecule has 1 aromatic rings. The summed E-state index contributed by atoms with van der Waals surface area (Å²) in [6, 6.07) is 10.3. The molecule has 0 bridgehead atoms. The van der Waals surface area contributed by atoms with Crippen molar-refractivity contribution in [3.63, 3.8) is 0 Å². The van der Waals surface area contributed by atoms with Crippen LogP contribution in [0.5, 0.6) is 0 Å². The third-order valence-electron chi connectivity index (χ3n) is 2.70. The van der Waals surface area contributed by atoms with Gasteiger partial charge in [0.2, 0.25) is 0 Å². The first-order valence-electron chi connectivity index (χ1n) is 6.76. The third kappa shape index (κ3) is 10.3. The number of allylic oxidation sites excluding steroid dienone is 8. The molecular weight excluding hydrogens is 331 g/mol. The Morgan fingerprint density at radius 3 is 1.57 bits per heavy atom. The van der Waals surface area contributed by atoms with Gasteiger partial charge < -0.3 is 7.43 Å². The zero-order valence-electron chi connectivity index (χ0n) is 13.2. The topological polar surface area (TPSA) is 0 Å². The molecule has 0 aliphatic heterocycles. The summed E-state index contributed by atoms with van der Waals surface area (Å²) in [7, 11) is 0. The van der Waals surface area contributed by atoms with Crippen molar-refractivity contribution in [2.75, 3.05) is 0 Å². The maximum absolute atomic E-state index is 3.12. The molecule has 1 aromatic carbocycles. The van der Waals surface area contributed by atoms with Crippen LogP contribution in [0.1, 0.15) is 32.3 Å². The predicted molar refractivity (Wildman–Crippen MR) is 90.4 cm³/mol. The molecule has 0 saturated carbocycles. The molecule has 110 valence electrons. The fourth-order valence-electron chi connectivity index (χ4n) is 1.58. The van der Waals surface area contributed by atoms with Crippen LogP contribution < -0.4 is 0 Å². The van der Waals surface area contributed by atoms with E-state index < -0.39 is 0 Å². The molecule has 1 heteroatoms. The molecule has 0 amide bonds. The van der Waals surface area contributed by atoms with Gasteiger partial charge in [-0.3, -0.25) is 12.2 Å². The average Bonchev–Trinajstić information content (AvgIpc) is 3.15. The van der Waals surface area contributed by atoms with Crippen LogP contribution in [0.4, 0.5) is 0 Å². The van der Waals surface area contributed by atoms with Gasteiger partial charge in [0.25, 0.3) is 0 Å². The summed E-state index contributed by atoms with van der Waals surface area (Å²) < 4.78 is 2.17. The number of hydrogen-bond acceptors (Lipinski definition) is 0. The van der Waals surface area contributed by atoms with Crippen molar-refractivity contribution < 1.29 is 24.2 Å². The van der Waals surface area contributed by atoms with Crippen LogP contribution in [0, 0.1) is 19.6 Å². The van der Waals surface area contributed by atoms with Crippen molar-refractivity contribution in [3.05, 3.63) is 90.9 Å². The molecule has 0 saturated heterocycles. The molecule has 0 spiro atoms. The van der Waals surface area contributed by atoms with Crippen LogP contribution in [0.3, 0.4) is 0 Å². The Labute approximate surface area is 145 Å². The maximum atomic E-state index is 3.12. The normalized spacial score (nSPS) is 13.8. The van der Waals surface area contributed by atoms with Gasteiger partial charge in [-0.05, 0) is 0 Å². The molecule has 0 fully saturated rings. The van der Waals surface area contributed by atoms with Gasteiger partial charge >= 0.3 is 63.8 Å². The molecule has 3 rings (SSSR count). The summed E-state index contributed by atoms with van der Waals surface area (Å²) in [5.41, 5.74) is 3.87. The summed E-state index contributed by atoms with van der Waals surface area (Å²) in [5.74, 6) is 0. The van der Waals surface area contributed by atoms with Gasteiger partial charge in [0, 0.05) is 0 Å². The van der Waals surface area contributed by atoms with Crippen molar-refractivity contribution in [1.82, 2.24) is 0 Å². The van der Waals surface area contributed by atoms with Crippen LogP contribution >= 0.6 is 0 Å². The van der Waals surface area contributed by atoms with Gasteiger partial charge in [0.15, 0.2) is 0 Å². The first-order valence-corrected chi connectivity index (χ1v) is 8.17. The fraction of sp³-hybridized carbons (Fsp3) is 0.200. The van der Waals surface area contributed by atoms with E-state index in [0.29, 0.717) is 0 Å². The standard InChI is InChI=1S/C7H6.2C6H7.CH3.Zr/c1-7-5-3-2-4-6-7;2*1-6-4-2-3-5-6;;/h1-6H;2*2,4H,3H2,1H3;1H3;/q;3*-1;. The number of hydrogen-bond donors (Lipinski definition) is 0. The molecule has 0 aromatic heterocycles. The Morgan fingerprint density at radius 1 is 0.905 bits per heavy atom. The van der Waals surface area contributed by atoms with Crippen LogP contribution in [0.25, 0.3) is 0 Å². The molecule has 0 radical (unpaired) electrons. The van der Waals surface area contributed by atoms with Crippen molar-refractivity contribution in [2.24, 2.45) is 0 Å². The van der Waals surface area contributed by atoms with Gasteiger partial charge in [-0.1, -0.05) is 13.8 Å². The zero-order chi connectivity index (χ0) is 14.6. The van der Waals surface area contributed by atoms with E-state index in [1.54, 1.807) is 0 Å². The first-order chi connectivity index (χ1) is 9.72. The van der Waals surface area contributed by atoms with Crippen molar-refractivity contribution in [1.29, 1.82) is 0 Å². The molecule has 2 aliphatic carbocycles. The Bertz CT molecular complexity index is 483. The quantitative estimate of drug-likeness (QED) is 0.606. The average molecular weight is 355 g/mol. The molecule has 21 heavy (non-hydrogen) atoms. The van der Waals surface area contributed by atoms with E-state index in [1.165, 1.54) is 40.9 Å². The summed E-state index contributed by atoms with van der Waals surface area (Å²) in [5, 5.41) is 0. The minimum absolute atomic E-state index is 0. The number of benzene rings is 1. The molecule has 0 unspecified atom stereocenters. The number of rotatable bonds is 1. The van der Waals surface area contributed by atoms with E-state index >= 15 is 0 Å². The second-order valence-corrected chi connectivity index (χ2v) is 5.20. The van der Waals surface area contributed by atoms with Crippen LogP contribution in [-0.4, -0.2) is 3.71 Å². The van der Waals surface area contributed by atoms with Crippen molar-refractivity contribution in [3.8, 4) is 0 Å². The summed E-state index contributed by atoms with van der Waals surface area (Å²) >= 11 is 1.46. The Morgan fingerprint density at radius 2 is 1.38 bits per heavy atom. The van der Waals surface area contributed by atoms with Gasteiger partial charge in [0.05, 0.1) is 0 Å². The Hall–Kier alpha value is -1.07. The van der Waals surface area contributed by atoms with Crippen molar-refractivity contribution >= 4 is 3.71 Å². The SMILES string of the molecule is CC1=[C-]CC=C1.CC1=[C-]CC=C1.[CH3-].[Zr]=[CH]c1ccccc1. The van der Waals surface area contributed by atoms with E-state index in [1.807, 2.05) is 6.07 Å². The summed E-state index contributed by atoms with van der Waals surface area (Å²) in [6.45, 7) is 4.12. The molecule has 0 N–H and O–H groups in total. The van der Waals surface area contributed by atoms with Crippen molar-refractivity contribution in [2.45, 2.75) is 26.7 Å². The Kier molecular flexibility index (Phi) is 12.0.